The first-order chi connectivity index (χ1) is 18.4. The quantitative estimate of drug-likeness (QED) is 0.479. The van der Waals surface area contributed by atoms with Gasteiger partial charge in [0, 0.05) is 44.3 Å². The third kappa shape index (κ3) is 7.29. The van der Waals surface area contributed by atoms with Gasteiger partial charge >= 0.3 is 12.2 Å². The second-order valence-electron chi connectivity index (χ2n) is 11.6. The van der Waals surface area contributed by atoms with Gasteiger partial charge in [-0.3, -0.25) is 9.69 Å². The molecule has 0 unspecified atom stereocenters. The van der Waals surface area contributed by atoms with Crippen LogP contribution in [0.2, 0.25) is 0 Å². The number of piperidine rings is 1. The Bertz CT molecular complexity index is 1200. The Balaban J connectivity index is 1.40. The summed E-state index contributed by atoms with van der Waals surface area (Å²) in [5, 5.41) is 15.0. The molecule has 1 fully saturated rings. The fraction of sp³-hybridized carbons (Fsp3) is 0.500. The van der Waals surface area contributed by atoms with E-state index < -0.39 is 11.7 Å². The number of amides is 3. The van der Waals surface area contributed by atoms with E-state index in [1.165, 1.54) is 12.5 Å². The van der Waals surface area contributed by atoms with Gasteiger partial charge in [0.15, 0.2) is 0 Å². The fourth-order valence-electron chi connectivity index (χ4n) is 5.58. The summed E-state index contributed by atoms with van der Waals surface area (Å²) in [7, 11) is 0. The number of benzene rings is 2. The Morgan fingerprint density at radius 2 is 1.64 bits per heavy atom. The molecule has 0 aromatic heterocycles. The highest BCUT2D eigenvalue weighted by molar-refractivity contribution is 5.94. The zero-order valence-corrected chi connectivity index (χ0v) is 23.5. The smallest absolute Gasteiger partial charge is 0.407 e. The summed E-state index contributed by atoms with van der Waals surface area (Å²) in [6.45, 7) is 11.7. The molecule has 2 aromatic rings. The first-order valence-corrected chi connectivity index (χ1v) is 13.6. The number of carbonyl (C=O) groups excluding carboxylic acids is 2. The predicted molar refractivity (Wildman–Crippen MR) is 151 cm³/mol. The maximum atomic E-state index is 12.3. The minimum Gasteiger partial charge on any atom is -0.465 e. The van der Waals surface area contributed by atoms with Gasteiger partial charge in [-0.05, 0) is 81.3 Å². The van der Waals surface area contributed by atoms with Crippen LogP contribution in [0.15, 0.2) is 42.5 Å². The fourth-order valence-corrected chi connectivity index (χ4v) is 5.58. The molecule has 9 heteroatoms. The zero-order valence-electron chi connectivity index (χ0n) is 23.5. The van der Waals surface area contributed by atoms with Crippen LogP contribution in [0.1, 0.15) is 71.0 Å². The molecule has 2 heterocycles. The first-order valence-electron chi connectivity index (χ1n) is 13.6. The van der Waals surface area contributed by atoms with Gasteiger partial charge in [0.05, 0.1) is 6.04 Å². The summed E-state index contributed by atoms with van der Waals surface area (Å²) in [5.41, 5.74) is 4.28. The van der Waals surface area contributed by atoms with Crippen LogP contribution >= 0.6 is 0 Å². The second-order valence-corrected chi connectivity index (χ2v) is 11.6. The van der Waals surface area contributed by atoms with E-state index in [2.05, 4.69) is 39.8 Å². The second kappa shape index (κ2) is 11.7. The SMILES string of the molecule is CC(=O)N1c2ccc(-c3ccc(CN4CCC(NC(=O)OC(C)(C)C)CC4)cc3)cc2[C@@H](NC(=O)O)C[C@H]1C. The van der Waals surface area contributed by atoms with Crippen LogP contribution in [0.5, 0.6) is 0 Å². The number of likely N-dealkylation sites (tertiary alicyclic amines) is 1. The van der Waals surface area contributed by atoms with Gasteiger partial charge in [0.1, 0.15) is 5.60 Å². The molecular weight excluding hydrogens is 496 g/mol. The summed E-state index contributed by atoms with van der Waals surface area (Å²) in [5.74, 6) is -0.0562. The molecule has 0 aliphatic carbocycles. The average Bonchev–Trinajstić information content (AvgIpc) is 2.84. The largest absolute Gasteiger partial charge is 0.465 e. The number of rotatable bonds is 5. The summed E-state index contributed by atoms with van der Waals surface area (Å²) < 4.78 is 5.37. The van der Waals surface area contributed by atoms with Gasteiger partial charge in [-0.1, -0.05) is 30.3 Å². The molecule has 2 aliphatic rings. The molecule has 0 bridgehead atoms. The topological polar surface area (TPSA) is 111 Å². The number of hydrogen-bond acceptors (Lipinski definition) is 5. The van der Waals surface area contributed by atoms with Crippen molar-refractivity contribution >= 4 is 23.8 Å². The first kappa shape index (κ1) is 28.4. The highest BCUT2D eigenvalue weighted by Crippen LogP contribution is 2.39. The highest BCUT2D eigenvalue weighted by atomic mass is 16.6. The molecule has 210 valence electrons. The van der Waals surface area contributed by atoms with E-state index in [9.17, 15) is 19.5 Å². The molecule has 0 spiro atoms. The van der Waals surface area contributed by atoms with Crippen LogP contribution in [0.4, 0.5) is 15.3 Å². The van der Waals surface area contributed by atoms with E-state index in [4.69, 9.17) is 4.74 Å². The van der Waals surface area contributed by atoms with Gasteiger partial charge in [-0.2, -0.15) is 0 Å². The van der Waals surface area contributed by atoms with E-state index in [0.29, 0.717) is 6.42 Å². The van der Waals surface area contributed by atoms with Gasteiger partial charge in [0.2, 0.25) is 5.91 Å². The normalized spacial score (nSPS) is 20.2. The lowest BCUT2D eigenvalue weighted by Gasteiger charge is -2.39. The van der Waals surface area contributed by atoms with Crippen molar-refractivity contribution in [2.45, 2.75) is 84.2 Å². The minimum atomic E-state index is -1.08. The number of carbonyl (C=O) groups is 3. The van der Waals surface area contributed by atoms with Crippen molar-refractivity contribution in [3.63, 3.8) is 0 Å². The Kier molecular flexibility index (Phi) is 8.49. The molecular formula is C30H40N4O5. The molecule has 1 saturated heterocycles. The van der Waals surface area contributed by atoms with E-state index >= 15 is 0 Å². The molecule has 3 amide bonds. The zero-order chi connectivity index (χ0) is 28.3. The van der Waals surface area contributed by atoms with Crippen molar-refractivity contribution in [2.24, 2.45) is 0 Å². The van der Waals surface area contributed by atoms with E-state index in [0.717, 1.165) is 54.9 Å². The van der Waals surface area contributed by atoms with Gasteiger partial charge < -0.3 is 25.4 Å². The maximum absolute atomic E-state index is 12.3. The van der Waals surface area contributed by atoms with Crippen LogP contribution in [0.3, 0.4) is 0 Å². The van der Waals surface area contributed by atoms with Crippen LogP contribution < -0.4 is 15.5 Å². The molecule has 3 N–H and O–H groups in total. The maximum Gasteiger partial charge on any atom is 0.407 e. The highest BCUT2D eigenvalue weighted by Gasteiger charge is 2.33. The molecule has 0 saturated carbocycles. The lowest BCUT2D eigenvalue weighted by molar-refractivity contribution is -0.117. The molecule has 39 heavy (non-hydrogen) atoms. The number of carboxylic acid groups (broad SMARTS) is 1. The summed E-state index contributed by atoms with van der Waals surface area (Å²) >= 11 is 0. The summed E-state index contributed by atoms with van der Waals surface area (Å²) in [6.07, 6.45) is 0.855. The predicted octanol–water partition coefficient (Wildman–Crippen LogP) is 5.30. The Morgan fingerprint density at radius 1 is 1.00 bits per heavy atom. The van der Waals surface area contributed by atoms with Crippen LogP contribution in [-0.2, 0) is 16.1 Å². The van der Waals surface area contributed by atoms with Crippen molar-refractivity contribution in [3.05, 3.63) is 53.6 Å². The molecule has 9 nitrogen and oxygen atoms in total. The lowest BCUT2D eigenvalue weighted by Crippen LogP contribution is -2.45. The van der Waals surface area contributed by atoms with Crippen molar-refractivity contribution in [3.8, 4) is 11.1 Å². The lowest BCUT2D eigenvalue weighted by atomic mass is 9.89. The van der Waals surface area contributed by atoms with Crippen molar-refractivity contribution in [2.75, 3.05) is 18.0 Å². The number of nitrogens with zero attached hydrogens (tertiary/aromatic N) is 2. The number of fused-ring (bicyclic) bond motifs is 1. The van der Waals surface area contributed by atoms with Crippen molar-refractivity contribution < 1.29 is 24.2 Å². The van der Waals surface area contributed by atoms with Crippen LogP contribution in [0.25, 0.3) is 11.1 Å². The summed E-state index contributed by atoms with van der Waals surface area (Å²) in [6, 6.07) is 14.0. The number of hydrogen-bond donors (Lipinski definition) is 3. The van der Waals surface area contributed by atoms with E-state index in [1.54, 1.807) is 4.90 Å². The molecule has 4 rings (SSSR count). The molecule has 0 radical (unpaired) electrons. The average molecular weight is 537 g/mol. The third-order valence-electron chi connectivity index (χ3n) is 7.32. The number of anilines is 1. The Labute approximate surface area is 230 Å². The summed E-state index contributed by atoms with van der Waals surface area (Å²) in [4.78, 5) is 40.0. The number of alkyl carbamates (subject to hydrolysis) is 1. The van der Waals surface area contributed by atoms with Gasteiger partial charge in [0.25, 0.3) is 0 Å². The Morgan fingerprint density at radius 3 is 2.23 bits per heavy atom. The van der Waals surface area contributed by atoms with Crippen LogP contribution in [-0.4, -0.2) is 58.9 Å². The standard InChI is InChI=1S/C30H40N4O5/c1-19-16-26(32-28(36)37)25-17-23(10-11-27(25)34(19)20(2)35)22-8-6-21(7-9-22)18-33-14-12-24(13-15-33)31-29(38)39-30(3,4)5/h6-11,17,19,24,26,32H,12-16,18H2,1-5H3,(H,31,38)(H,36,37)/t19-,26+/m1/s1. The van der Waals surface area contributed by atoms with E-state index in [1.807, 2.05) is 45.9 Å². The minimum absolute atomic E-state index is 0.0562. The molecule has 2 atom stereocenters. The van der Waals surface area contributed by atoms with E-state index in [-0.39, 0.29) is 30.1 Å². The van der Waals surface area contributed by atoms with Crippen LogP contribution in [0, 0.1) is 0 Å². The van der Waals surface area contributed by atoms with Crippen molar-refractivity contribution in [1.82, 2.24) is 15.5 Å². The third-order valence-corrected chi connectivity index (χ3v) is 7.32. The molecule has 2 aromatic carbocycles. The molecule has 2 aliphatic heterocycles. The number of ether oxygens (including phenoxy) is 1. The van der Waals surface area contributed by atoms with Crippen molar-refractivity contribution in [1.29, 1.82) is 0 Å². The van der Waals surface area contributed by atoms with Gasteiger partial charge in [-0.25, -0.2) is 9.59 Å². The van der Waals surface area contributed by atoms with Gasteiger partial charge in [-0.15, -0.1) is 0 Å². The Hall–Kier alpha value is -3.59. The number of nitrogens with one attached hydrogen (secondary N) is 2. The monoisotopic (exact) mass is 536 g/mol.